The molecule has 0 aromatic carbocycles. The molecule has 0 radical (unpaired) electrons. The normalized spacial score (nSPS) is 14.5. The summed E-state index contributed by atoms with van der Waals surface area (Å²) >= 11 is 0. The van der Waals surface area contributed by atoms with Gasteiger partial charge in [-0.2, -0.15) is 0 Å². The predicted molar refractivity (Wildman–Crippen MR) is 191 cm³/mol. The predicted octanol–water partition coefficient (Wildman–Crippen LogP) is 9.54. The molecule has 0 spiro atoms. The topological polar surface area (TPSA) is 110 Å². The molecule has 0 heterocycles. The third-order valence-electron chi connectivity index (χ3n) is 9.50. The van der Waals surface area contributed by atoms with Crippen molar-refractivity contribution < 1.29 is 25.2 Å². The fraction of sp³-hybridized carbons (Fsp3) is 0.974. The summed E-state index contributed by atoms with van der Waals surface area (Å²) in [4.78, 5) is 12.4. The number of carbonyl (C=O) groups excluding carboxylic acids is 1. The first-order valence-electron chi connectivity index (χ1n) is 19.8. The van der Waals surface area contributed by atoms with Gasteiger partial charge in [-0.05, 0) is 18.8 Å². The van der Waals surface area contributed by atoms with Crippen molar-refractivity contribution in [3.8, 4) is 0 Å². The van der Waals surface area contributed by atoms with Gasteiger partial charge >= 0.3 is 0 Å². The summed E-state index contributed by atoms with van der Waals surface area (Å²) in [5.41, 5.74) is 0. The van der Waals surface area contributed by atoms with E-state index < -0.39 is 36.9 Å². The van der Waals surface area contributed by atoms with E-state index in [-0.39, 0.29) is 0 Å². The molecule has 4 atom stereocenters. The van der Waals surface area contributed by atoms with Crippen molar-refractivity contribution in [1.82, 2.24) is 5.32 Å². The van der Waals surface area contributed by atoms with Crippen LogP contribution in [0, 0.1) is 5.92 Å². The first-order valence-corrected chi connectivity index (χ1v) is 19.8. The van der Waals surface area contributed by atoms with E-state index in [1.165, 1.54) is 135 Å². The van der Waals surface area contributed by atoms with Crippen molar-refractivity contribution in [2.75, 3.05) is 6.61 Å². The van der Waals surface area contributed by atoms with Gasteiger partial charge in [-0.15, -0.1) is 0 Å². The molecule has 0 aliphatic heterocycles. The summed E-state index contributed by atoms with van der Waals surface area (Å²) in [6.45, 7) is 6.32. The number of amides is 1. The maximum atomic E-state index is 12.4. The minimum atomic E-state index is -1.25. The van der Waals surface area contributed by atoms with Crippen LogP contribution in [0.5, 0.6) is 0 Å². The summed E-state index contributed by atoms with van der Waals surface area (Å²) in [6.07, 6.45) is 31.4. The average Bonchev–Trinajstić information content (AvgIpc) is 3.03. The minimum Gasteiger partial charge on any atom is -0.394 e. The highest BCUT2D eigenvalue weighted by molar-refractivity contribution is 5.80. The minimum absolute atomic E-state index is 0.374. The molecule has 6 heteroatoms. The van der Waals surface area contributed by atoms with E-state index in [1.807, 2.05) is 0 Å². The second-order valence-electron chi connectivity index (χ2n) is 14.5. The van der Waals surface area contributed by atoms with Crippen molar-refractivity contribution in [2.45, 2.75) is 231 Å². The van der Waals surface area contributed by atoms with Crippen LogP contribution in [-0.2, 0) is 4.79 Å². The fourth-order valence-corrected chi connectivity index (χ4v) is 6.29. The largest absolute Gasteiger partial charge is 0.394 e. The molecule has 0 aromatic rings. The van der Waals surface area contributed by atoms with Gasteiger partial charge in [-0.25, -0.2) is 0 Å². The van der Waals surface area contributed by atoms with Crippen LogP contribution in [0.4, 0.5) is 0 Å². The van der Waals surface area contributed by atoms with E-state index >= 15 is 0 Å². The molecule has 0 fully saturated rings. The number of hydrogen-bond donors (Lipinski definition) is 5. The van der Waals surface area contributed by atoms with Crippen molar-refractivity contribution in [3.63, 3.8) is 0 Å². The van der Waals surface area contributed by atoms with E-state index in [1.54, 1.807) is 0 Å². The Kier molecular flexibility index (Phi) is 32.7. The van der Waals surface area contributed by atoms with Crippen molar-refractivity contribution in [3.05, 3.63) is 0 Å². The molecule has 0 aromatic heterocycles. The maximum Gasteiger partial charge on any atom is 0.249 e. The highest BCUT2D eigenvalue weighted by Gasteiger charge is 2.28. The fourth-order valence-electron chi connectivity index (χ4n) is 6.29. The Balaban J connectivity index is 3.71. The number of carbonyl (C=O) groups is 1. The third kappa shape index (κ3) is 29.2. The Morgan fingerprint density at radius 2 is 0.844 bits per heavy atom. The van der Waals surface area contributed by atoms with Crippen LogP contribution in [0.2, 0.25) is 0 Å². The van der Waals surface area contributed by atoms with Crippen LogP contribution in [0.1, 0.15) is 207 Å². The standard InChI is InChI=1S/C39H79NO5/c1-4-5-6-7-8-9-10-11-12-13-14-15-16-17-18-19-22-26-29-32-37(43)39(45)40-35(33-41)38(44)36(42)31-28-25-23-20-21-24-27-30-34(2)3/h34-38,41-44H,4-33H2,1-3H3,(H,40,45)/t35-,36+,37+,38-/m0/s1. The first-order chi connectivity index (χ1) is 21.8. The van der Waals surface area contributed by atoms with Gasteiger partial charge in [0.15, 0.2) is 0 Å². The second-order valence-corrected chi connectivity index (χ2v) is 14.5. The van der Waals surface area contributed by atoms with Gasteiger partial charge in [0, 0.05) is 0 Å². The molecule has 0 saturated carbocycles. The monoisotopic (exact) mass is 642 g/mol. The number of rotatable bonds is 35. The Morgan fingerprint density at radius 1 is 0.511 bits per heavy atom. The van der Waals surface area contributed by atoms with Crippen molar-refractivity contribution in [1.29, 1.82) is 0 Å². The molecule has 45 heavy (non-hydrogen) atoms. The zero-order chi connectivity index (χ0) is 33.4. The lowest BCUT2D eigenvalue weighted by atomic mass is 9.98. The van der Waals surface area contributed by atoms with E-state index in [9.17, 15) is 25.2 Å². The lowest BCUT2D eigenvalue weighted by Crippen LogP contribution is -2.53. The van der Waals surface area contributed by atoms with Crippen molar-refractivity contribution >= 4 is 5.91 Å². The zero-order valence-corrected chi connectivity index (χ0v) is 30.3. The van der Waals surface area contributed by atoms with E-state index in [4.69, 9.17) is 0 Å². The Hall–Kier alpha value is -0.690. The highest BCUT2D eigenvalue weighted by Crippen LogP contribution is 2.17. The van der Waals surface area contributed by atoms with Gasteiger partial charge in [0.05, 0.1) is 18.8 Å². The first kappa shape index (κ1) is 44.3. The molecule has 6 nitrogen and oxygen atoms in total. The van der Waals surface area contributed by atoms with Gasteiger partial charge in [-0.3, -0.25) is 4.79 Å². The molecular weight excluding hydrogens is 562 g/mol. The number of aliphatic hydroxyl groups is 4. The molecule has 270 valence electrons. The molecule has 5 N–H and O–H groups in total. The summed E-state index contributed by atoms with van der Waals surface area (Å²) in [7, 11) is 0. The zero-order valence-electron chi connectivity index (χ0n) is 30.3. The van der Waals surface area contributed by atoms with Crippen molar-refractivity contribution in [2.24, 2.45) is 5.92 Å². The lowest BCUT2D eigenvalue weighted by Gasteiger charge is -2.27. The van der Waals surface area contributed by atoms with Gasteiger partial charge in [0.1, 0.15) is 12.2 Å². The number of nitrogens with one attached hydrogen (secondary N) is 1. The van der Waals surface area contributed by atoms with Crippen LogP contribution >= 0.6 is 0 Å². The highest BCUT2D eigenvalue weighted by atomic mass is 16.3. The van der Waals surface area contributed by atoms with Gasteiger partial charge in [0.25, 0.3) is 0 Å². The summed E-state index contributed by atoms with van der Waals surface area (Å²) in [5, 5.41) is 43.4. The maximum absolute atomic E-state index is 12.4. The van der Waals surface area contributed by atoms with Gasteiger partial charge in [0.2, 0.25) is 5.91 Å². The SMILES string of the molecule is CCCCCCCCCCCCCCCCCCCCC[C@@H](O)C(=O)N[C@@H](CO)[C@H](O)[C@H](O)CCCCCCCCCC(C)C. The average molecular weight is 642 g/mol. The molecule has 0 aliphatic carbocycles. The van der Waals surface area contributed by atoms with Crippen LogP contribution in [-0.4, -0.2) is 57.3 Å². The smallest absolute Gasteiger partial charge is 0.249 e. The van der Waals surface area contributed by atoms with E-state index in [0.29, 0.717) is 12.8 Å². The number of aliphatic hydroxyl groups excluding tert-OH is 4. The molecular formula is C39H79NO5. The Bertz CT molecular complexity index is 616. The number of unbranched alkanes of at least 4 members (excludes halogenated alkanes) is 24. The van der Waals surface area contributed by atoms with Crippen LogP contribution in [0.25, 0.3) is 0 Å². The molecule has 0 saturated heterocycles. The van der Waals surface area contributed by atoms with Crippen LogP contribution < -0.4 is 5.32 Å². The molecule has 1 amide bonds. The van der Waals surface area contributed by atoms with E-state index in [0.717, 1.165) is 44.4 Å². The molecule has 0 rings (SSSR count). The molecule has 0 aliphatic rings. The summed E-state index contributed by atoms with van der Waals surface area (Å²) < 4.78 is 0. The number of hydrogen-bond acceptors (Lipinski definition) is 5. The van der Waals surface area contributed by atoms with E-state index in [2.05, 4.69) is 26.1 Å². The van der Waals surface area contributed by atoms with Crippen LogP contribution in [0.15, 0.2) is 0 Å². The summed E-state index contributed by atoms with van der Waals surface area (Å²) in [6, 6.07) is -0.979. The molecule has 0 unspecified atom stereocenters. The van der Waals surface area contributed by atoms with Gasteiger partial charge in [-0.1, -0.05) is 194 Å². The Labute approximate surface area is 279 Å². The molecule has 0 bridgehead atoms. The quantitative estimate of drug-likeness (QED) is 0.0443. The Morgan fingerprint density at radius 3 is 1.20 bits per heavy atom. The summed E-state index contributed by atoms with van der Waals surface area (Å²) in [5.74, 6) is 0.192. The third-order valence-corrected chi connectivity index (χ3v) is 9.50. The van der Waals surface area contributed by atoms with Gasteiger partial charge < -0.3 is 25.7 Å². The van der Waals surface area contributed by atoms with Crippen LogP contribution in [0.3, 0.4) is 0 Å². The second kappa shape index (κ2) is 33.2. The lowest BCUT2D eigenvalue weighted by molar-refractivity contribution is -0.132.